The second-order valence-electron chi connectivity index (χ2n) is 4.33. The average molecular weight is 312 g/mol. The molecule has 0 unspecified atom stereocenters. The van der Waals surface area contributed by atoms with Crippen molar-refractivity contribution in [3.8, 4) is 0 Å². The third kappa shape index (κ3) is 3.90. The summed E-state index contributed by atoms with van der Waals surface area (Å²) >= 11 is 13.9. The zero-order valence-electron chi connectivity index (χ0n) is 10.6. The van der Waals surface area contributed by atoms with Gasteiger partial charge >= 0.3 is 0 Å². The van der Waals surface area contributed by atoms with Gasteiger partial charge in [-0.1, -0.05) is 52.7 Å². The van der Waals surface area contributed by atoms with E-state index in [1.165, 1.54) is 16.0 Å². The van der Waals surface area contributed by atoms with Crippen LogP contribution >= 0.6 is 35.0 Å². The first kappa shape index (κ1) is 14.7. The topological polar surface area (TPSA) is 26.0 Å². The Bertz CT molecular complexity index is 584. The van der Waals surface area contributed by atoms with Crippen LogP contribution < -0.4 is 5.73 Å². The fraction of sp³-hybridized carbons (Fsp3) is 0.200. The van der Waals surface area contributed by atoms with Crippen LogP contribution in [-0.4, -0.2) is 6.54 Å². The summed E-state index contributed by atoms with van der Waals surface area (Å²) in [6.07, 6.45) is 0.863. The second kappa shape index (κ2) is 6.67. The van der Waals surface area contributed by atoms with E-state index in [-0.39, 0.29) is 0 Å². The van der Waals surface area contributed by atoms with E-state index in [1.54, 1.807) is 17.8 Å². The molecule has 0 aliphatic rings. The third-order valence-electron chi connectivity index (χ3n) is 2.74. The van der Waals surface area contributed by atoms with Gasteiger partial charge in [0.15, 0.2) is 0 Å². The van der Waals surface area contributed by atoms with Crippen LogP contribution in [0.15, 0.2) is 46.2 Å². The minimum Gasteiger partial charge on any atom is -0.330 e. The Balaban J connectivity index is 2.34. The van der Waals surface area contributed by atoms with E-state index in [0.717, 1.165) is 11.3 Å². The lowest BCUT2D eigenvalue weighted by molar-refractivity contribution is 0.941. The van der Waals surface area contributed by atoms with Gasteiger partial charge in [-0.05, 0) is 49.7 Å². The average Bonchev–Trinajstić information content (AvgIpc) is 2.37. The number of benzene rings is 2. The van der Waals surface area contributed by atoms with Gasteiger partial charge in [-0.15, -0.1) is 0 Å². The van der Waals surface area contributed by atoms with Crippen molar-refractivity contribution in [2.24, 2.45) is 5.73 Å². The SMILES string of the molecule is Cc1ccc(Sc2cc(Cl)ccc2Cl)c(CCN)c1. The predicted octanol–water partition coefficient (Wildman–Crippen LogP) is 4.95. The Kier molecular flexibility index (Phi) is 5.17. The minimum atomic E-state index is 0.639. The van der Waals surface area contributed by atoms with Gasteiger partial charge in [0.25, 0.3) is 0 Å². The van der Waals surface area contributed by atoms with Crippen molar-refractivity contribution in [2.45, 2.75) is 23.1 Å². The quantitative estimate of drug-likeness (QED) is 0.864. The van der Waals surface area contributed by atoms with Gasteiger partial charge in [-0.2, -0.15) is 0 Å². The van der Waals surface area contributed by atoms with Gasteiger partial charge in [-0.25, -0.2) is 0 Å². The molecule has 0 aromatic heterocycles. The van der Waals surface area contributed by atoms with E-state index in [4.69, 9.17) is 28.9 Å². The molecule has 100 valence electrons. The van der Waals surface area contributed by atoms with E-state index in [0.29, 0.717) is 16.6 Å². The Morgan fingerprint density at radius 2 is 1.84 bits per heavy atom. The maximum atomic E-state index is 6.20. The van der Waals surface area contributed by atoms with Crippen molar-refractivity contribution >= 4 is 35.0 Å². The molecule has 2 aromatic carbocycles. The highest BCUT2D eigenvalue weighted by atomic mass is 35.5. The molecule has 0 aliphatic carbocycles. The monoisotopic (exact) mass is 311 g/mol. The van der Waals surface area contributed by atoms with Crippen LogP contribution in [0.3, 0.4) is 0 Å². The molecule has 0 radical (unpaired) electrons. The van der Waals surface area contributed by atoms with Crippen molar-refractivity contribution in [1.82, 2.24) is 0 Å². The maximum absolute atomic E-state index is 6.20. The van der Waals surface area contributed by atoms with Crippen molar-refractivity contribution in [3.05, 3.63) is 57.6 Å². The summed E-state index contributed by atoms with van der Waals surface area (Å²) in [4.78, 5) is 2.15. The number of rotatable bonds is 4. The number of halogens is 2. The molecule has 0 fully saturated rings. The normalized spacial score (nSPS) is 10.7. The van der Waals surface area contributed by atoms with Crippen LogP contribution in [0, 0.1) is 6.92 Å². The number of hydrogen-bond acceptors (Lipinski definition) is 2. The van der Waals surface area contributed by atoms with Crippen LogP contribution in [-0.2, 0) is 6.42 Å². The molecule has 0 atom stereocenters. The van der Waals surface area contributed by atoms with Gasteiger partial charge in [0.05, 0.1) is 5.02 Å². The van der Waals surface area contributed by atoms with Gasteiger partial charge in [0.2, 0.25) is 0 Å². The van der Waals surface area contributed by atoms with E-state index in [9.17, 15) is 0 Å². The highest BCUT2D eigenvalue weighted by molar-refractivity contribution is 7.99. The molecule has 0 bridgehead atoms. The number of aryl methyl sites for hydroxylation is 1. The Labute approximate surface area is 128 Å². The van der Waals surface area contributed by atoms with E-state index >= 15 is 0 Å². The Morgan fingerprint density at radius 3 is 2.58 bits per heavy atom. The standard InChI is InChI=1S/C15H15Cl2NS/c1-10-2-5-14(11(8-10)6-7-18)19-15-9-12(16)3-4-13(15)17/h2-5,8-9H,6-7,18H2,1H3. The van der Waals surface area contributed by atoms with Crippen LogP contribution in [0.2, 0.25) is 10.0 Å². The molecular weight excluding hydrogens is 297 g/mol. The molecule has 4 heteroatoms. The van der Waals surface area contributed by atoms with Gasteiger partial charge in [0.1, 0.15) is 0 Å². The third-order valence-corrected chi connectivity index (χ3v) is 4.60. The number of hydrogen-bond donors (Lipinski definition) is 1. The van der Waals surface area contributed by atoms with E-state index in [2.05, 4.69) is 25.1 Å². The van der Waals surface area contributed by atoms with E-state index in [1.807, 2.05) is 12.1 Å². The minimum absolute atomic E-state index is 0.639. The zero-order chi connectivity index (χ0) is 13.8. The van der Waals surface area contributed by atoms with Gasteiger partial charge in [-0.3, -0.25) is 0 Å². The number of nitrogens with two attached hydrogens (primary N) is 1. The molecule has 0 amide bonds. The molecule has 0 heterocycles. The second-order valence-corrected chi connectivity index (χ2v) is 6.25. The lowest BCUT2D eigenvalue weighted by Crippen LogP contribution is -2.04. The molecule has 0 saturated carbocycles. The fourth-order valence-electron chi connectivity index (χ4n) is 1.83. The van der Waals surface area contributed by atoms with Gasteiger partial charge in [0, 0.05) is 14.8 Å². The first-order valence-corrected chi connectivity index (χ1v) is 7.60. The lowest BCUT2D eigenvalue weighted by atomic mass is 10.1. The van der Waals surface area contributed by atoms with Crippen molar-refractivity contribution in [2.75, 3.05) is 6.54 Å². The highest BCUT2D eigenvalue weighted by Gasteiger charge is 2.08. The molecule has 2 N–H and O–H groups in total. The predicted molar refractivity (Wildman–Crippen MR) is 84.5 cm³/mol. The lowest BCUT2D eigenvalue weighted by Gasteiger charge is -2.11. The summed E-state index contributed by atoms with van der Waals surface area (Å²) in [6.45, 7) is 2.72. The summed E-state index contributed by atoms with van der Waals surface area (Å²) in [5.41, 5.74) is 8.16. The molecule has 0 saturated heterocycles. The highest BCUT2D eigenvalue weighted by Crippen LogP contribution is 2.37. The smallest absolute Gasteiger partial charge is 0.0546 e. The maximum Gasteiger partial charge on any atom is 0.0546 e. The summed E-state index contributed by atoms with van der Waals surface area (Å²) in [5.74, 6) is 0. The summed E-state index contributed by atoms with van der Waals surface area (Å²) in [6, 6.07) is 11.9. The molecule has 0 aliphatic heterocycles. The largest absolute Gasteiger partial charge is 0.330 e. The van der Waals surface area contributed by atoms with Gasteiger partial charge < -0.3 is 5.73 Å². The summed E-state index contributed by atoms with van der Waals surface area (Å²) < 4.78 is 0. The molecule has 2 rings (SSSR count). The molecule has 19 heavy (non-hydrogen) atoms. The van der Waals surface area contributed by atoms with Crippen LogP contribution in [0.4, 0.5) is 0 Å². The van der Waals surface area contributed by atoms with Crippen molar-refractivity contribution in [3.63, 3.8) is 0 Å². The first-order chi connectivity index (χ1) is 9.10. The van der Waals surface area contributed by atoms with Crippen LogP contribution in [0.25, 0.3) is 0 Å². The Hall–Kier alpha value is -0.670. The Morgan fingerprint density at radius 1 is 1.05 bits per heavy atom. The summed E-state index contributed by atoms with van der Waals surface area (Å²) in [5, 5.41) is 1.41. The molecule has 0 spiro atoms. The van der Waals surface area contributed by atoms with Crippen LogP contribution in [0.1, 0.15) is 11.1 Å². The molecule has 1 nitrogen and oxygen atoms in total. The fourth-order valence-corrected chi connectivity index (χ4v) is 3.32. The van der Waals surface area contributed by atoms with Crippen molar-refractivity contribution in [1.29, 1.82) is 0 Å². The molecular formula is C15H15Cl2NS. The summed E-state index contributed by atoms with van der Waals surface area (Å²) in [7, 11) is 0. The van der Waals surface area contributed by atoms with Crippen molar-refractivity contribution < 1.29 is 0 Å². The van der Waals surface area contributed by atoms with E-state index < -0.39 is 0 Å². The molecule has 2 aromatic rings. The zero-order valence-corrected chi connectivity index (χ0v) is 12.9. The van der Waals surface area contributed by atoms with Crippen LogP contribution in [0.5, 0.6) is 0 Å². The first-order valence-electron chi connectivity index (χ1n) is 6.02.